The topological polar surface area (TPSA) is 40.7 Å². The second-order valence-corrected chi connectivity index (χ2v) is 4.13. The number of aromatic nitrogens is 2. The lowest BCUT2D eigenvalue weighted by Gasteiger charge is -2.31. The number of nitrogens with one attached hydrogen (secondary N) is 2. The zero-order valence-corrected chi connectivity index (χ0v) is 8.72. The summed E-state index contributed by atoms with van der Waals surface area (Å²) in [5.74, 6) is 0.736. The van der Waals surface area contributed by atoms with Crippen molar-refractivity contribution in [1.29, 1.82) is 0 Å². The van der Waals surface area contributed by atoms with Crippen molar-refractivity contribution in [3.8, 4) is 0 Å². The third-order valence-corrected chi connectivity index (χ3v) is 2.87. The summed E-state index contributed by atoms with van der Waals surface area (Å²) in [7, 11) is 0. The molecule has 0 aromatic carbocycles. The van der Waals surface area contributed by atoms with Gasteiger partial charge in [-0.2, -0.15) is 13.2 Å². The van der Waals surface area contributed by atoms with Crippen LogP contribution < -0.4 is 5.32 Å². The second-order valence-electron chi connectivity index (χ2n) is 4.13. The van der Waals surface area contributed by atoms with Gasteiger partial charge < -0.3 is 10.3 Å². The molecule has 0 saturated carbocycles. The number of halogens is 3. The Morgan fingerprint density at radius 1 is 1.38 bits per heavy atom. The van der Waals surface area contributed by atoms with Crippen LogP contribution in [0, 0.1) is 0 Å². The second kappa shape index (κ2) is 4.45. The first kappa shape index (κ1) is 11.4. The summed E-state index contributed by atoms with van der Waals surface area (Å²) >= 11 is 0. The third-order valence-electron chi connectivity index (χ3n) is 2.87. The van der Waals surface area contributed by atoms with Gasteiger partial charge in [-0.05, 0) is 19.3 Å². The highest BCUT2D eigenvalue weighted by Crippen LogP contribution is 2.28. The fourth-order valence-corrected chi connectivity index (χ4v) is 2.08. The molecule has 16 heavy (non-hydrogen) atoms. The quantitative estimate of drug-likeness (QED) is 0.820. The van der Waals surface area contributed by atoms with E-state index in [1.165, 1.54) is 0 Å². The summed E-state index contributed by atoms with van der Waals surface area (Å²) in [6, 6.07) is -1.49. The molecule has 2 N–H and O–H groups in total. The molecule has 2 heterocycles. The van der Waals surface area contributed by atoms with E-state index >= 15 is 0 Å². The maximum Gasteiger partial charge on any atom is 0.403 e. The number of hydrogen-bond acceptors (Lipinski definition) is 2. The van der Waals surface area contributed by atoms with Crippen LogP contribution in [0.25, 0.3) is 0 Å². The summed E-state index contributed by atoms with van der Waals surface area (Å²) in [5.41, 5.74) is 0. The molecule has 1 aliphatic rings. The van der Waals surface area contributed by atoms with Gasteiger partial charge in [0.15, 0.2) is 0 Å². The Bertz CT molecular complexity index is 321. The number of aromatic amines is 1. The van der Waals surface area contributed by atoms with Crippen LogP contribution in [0.5, 0.6) is 0 Å². The largest absolute Gasteiger partial charge is 0.403 e. The third kappa shape index (κ3) is 2.75. The average Bonchev–Trinajstić information content (AvgIpc) is 2.70. The van der Waals surface area contributed by atoms with Gasteiger partial charge in [-0.25, -0.2) is 4.98 Å². The molecule has 1 fully saturated rings. The Morgan fingerprint density at radius 2 is 2.19 bits per heavy atom. The minimum atomic E-state index is -4.14. The fraction of sp³-hybridized carbons (Fsp3) is 0.700. The van der Waals surface area contributed by atoms with E-state index in [-0.39, 0.29) is 12.5 Å². The van der Waals surface area contributed by atoms with Gasteiger partial charge in [0.2, 0.25) is 0 Å². The number of piperidine rings is 1. The first-order valence-corrected chi connectivity index (χ1v) is 5.37. The molecular weight excluding hydrogens is 219 g/mol. The van der Waals surface area contributed by atoms with Gasteiger partial charge in [0.1, 0.15) is 11.9 Å². The summed E-state index contributed by atoms with van der Waals surface area (Å²) in [4.78, 5) is 6.93. The molecule has 0 amide bonds. The molecule has 0 bridgehead atoms. The lowest BCUT2D eigenvalue weighted by atomic mass is 9.96. The summed E-state index contributed by atoms with van der Waals surface area (Å²) < 4.78 is 37.5. The number of hydrogen-bond donors (Lipinski definition) is 2. The Kier molecular flexibility index (Phi) is 3.18. The van der Waals surface area contributed by atoms with Gasteiger partial charge >= 0.3 is 6.18 Å². The molecule has 90 valence electrons. The molecule has 1 aromatic rings. The fourth-order valence-electron chi connectivity index (χ4n) is 2.08. The first-order chi connectivity index (χ1) is 7.55. The van der Waals surface area contributed by atoms with Crippen LogP contribution in [0.2, 0.25) is 0 Å². The maximum atomic E-state index is 12.5. The Morgan fingerprint density at radius 3 is 2.81 bits per heavy atom. The van der Waals surface area contributed by atoms with Crippen molar-refractivity contribution in [3.63, 3.8) is 0 Å². The standard InChI is InChI=1S/C10H14F3N3/c11-10(12,13)8-3-1-2-7(16-8)6-9-14-4-5-15-9/h4-5,7-8,16H,1-3,6H2,(H,14,15)/t7-,8?/m0/s1. The van der Waals surface area contributed by atoms with Crippen molar-refractivity contribution in [3.05, 3.63) is 18.2 Å². The van der Waals surface area contributed by atoms with Crippen molar-refractivity contribution in [2.24, 2.45) is 0 Å². The highest BCUT2D eigenvalue weighted by atomic mass is 19.4. The number of rotatable bonds is 2. The van der Waals surface area contributed by atoms with Gasteiger partial charge in [0.05, 0.1) is 0 Å². The predicted octanol–water partition coefficient (Wildman–Crippen LogP) is 2.03. The highest BCUT2D eigenvalue weighted by molar-refractivity contribution is 4.94. The smallest absolute Gasteiger partial charge is 0.349 e. The van der Waals surface area contributed by atoms with Gasteiger partial charge in [0, 0.05) is 24.9 Å². The molecule has 2 rings (SSSR count). The molecule has 3 nitrogen and oxygen atoms in total. The summed E-state index contributed by atoms with van der Waals surface area (Å²) in [5, 5.41) is 2.65. The van der Waals surface area contributed by atoms with E-state index in [9.17, 15) is 13.2 Å². The molecule has 0 radical (unpaired) electrons. The van der Waals surface area contributed by atoms with Crippen molar-refractivity contribution in [2.45, 2.75) is 43.9 Å². The molecule has 6 heteroatoms. The van der Waals surface area contributed by atoms with Crippen molar-refractivity contribution in [1.82, 2.24) is 15.3 Å². The Balaban J connectivity index is 1.92. The number of nitrogens with zero attached hydrogens (tertiary/aromatic N) is 1. The van der Waals surface area contributed by atoms with Crippen LogP contribution in [0.1, 0.15) is 25.1 Å². The zero-order chi connectivity index (χ0) is 11.6. The van der Waals surface area contributed by atoms with Crippen LogP contribution >= 0.6 is 0 Å². The van der Waals surface area contributed by atoms with E-state index < -0.39 is 12.2 Å². The molecule has 1 unspecified atom stereocenters. The molecule has 1 aromatic heterocycles. The van der Waals surface area contributed by atoms with Crippen molar-refractivity contribution >= 4 is 0 Å². The minimum Gasteiger partial charge on any atom is -0.349 e. The molecule has 1 saturated heterocycles. The van der Waals surface area contributed by atoms with Gasteiger partial charge in [0.25, 0.3) is 0 Å². The number of imidazole rings is 1. The molecule has 0 spiro atoms. The Labute approximate surface area is 91.5 Å². The average molecular weight is 233 g/mol. The van der Waals surface area contributed by atoms with Crippen molar-refractivity contribution in [2.75, 3.05) is 0 Å². The first-order valence-electron chi connectivity index (χ1n) is 5.37. The van der Waals surface area contributed by atoms with Gasteiger partial charge in [-0.3, -0.25) is 0 Å². The molecule has 2 atom stereocenters. The highest BCUT2D eigenvalue weighted by Gasteiger charge is 2.41. The predicted molar refractivity (Wildman–Crippen MR) is 52.9 cm³/mol. The van der Waals surface area contributed by atoms with Crippen LogP contribution in [-0.4, -0.2) is 28.2 Å². The SMILES string of the molecule is FC(F)(F)C1CCC[C@@H](Cc2ncc[nH]2)N1. The Hall–Kier alpha value is -1.04. The van der Waals surface area contributed by atoms with E-state index in [1.807, 2.05) is 0 Å². The van der Waals surface area contributed by atoms with E-state index in [1.54, 1.807) is 12.4 Å². The molecular formula is C10H14F3N3. The summed E-state index contributed by atoms with van der Waals surface area (Å²) in [6.45, 7) is 0. The monoisotopic (exact) mass is 233 g/mol. The van der Waals surface area contributed by atoms with Crippen LogP contribution in [0.3, 0.4) is 0 Å². The maximum absolute atomic E-state index is 12.5. The number of H-pyrrole nitrogens is 1. The van der Waals surface area contributed by atoms with Crippen molar-refractivity contribution < 1.29 is 13.2 Å². The molecule has 1 aliphatic heterocycles. The summed E-state index contributed by atoms with van der Waals surface area (Å²) in [6.07, 6.45) is 1.24. The minimum absolute atomic E-state index is 0.133. The van der Waals surface area contributed by atoms with E-state index in [0.29, 0.717) is 12.8 Å². The number of alkyl halides is 3. The normalized spacial score (nSPS) is 26.9. The van der Waals surface area contributed by atoms with Gasteiger partial charge in [-0.1, -0.05) is 0 Å². The lowest BCUT2D eigenvalue weighted by molar-refractivity contribution is -0.163. The van der Waals surface area contributed by atoms with E-state index in [0.717, 1.165) is 12.2 Å². The zero-order valence-electron chi connectivity index (χ0n) is 8.72. The van der Waals surface area contributed by atoms with Gasteiger partial charge in [-0.15, -0.1) is 0 Å². The van der Waals surface area contributed by atoms with Crippen LogP contribution in [0.4, 0.5) is 13.2 Å². The molecule has 0 aliphatic carbocycles. The lowest BCUT2D eigenvalue weighted by Crippen LogP contribution is -2.51. The van der Waals surface area contributed by atoms with Crippen LogP contribution in [-0.2, 0) is 6.42 Å². The van der Waals surface area contributed by atoms with E-state index in [4.69, 9.17) is 0 Å². The van der Waals surface area contributed by atoms with E-state index in [2.05, 4.69) is 15.3 Å². The van der Waals surface area contributed by atoms with Crippen LogP contribution in [0.15, 0.2) is 12.4 Å².